The van der Waals surface area contributed by atoms with E-state index in [-0.39, 0.29) is 18.0 Å². The molecule has 0 atom stereocenters. The zero-order valence-corrected chi connectivity index (χ0v) is 15.1. The highest BCUT2D eigenvalue weighted by Crippen LogP contribution is 2.46. The molecule has 0 radical (unpaired) electrons. The molecule has 1 aromatic rings. The molecule has 1 saturated heterocycles. The largest absolute Gasteiger partial charge is 0.494 e. The first-order chi connectivity index (χ1) is 10.5. The van der Waals surface area contributed by atoms with Crippen LogP contribution in [0.3, 0.4) is 0 Å². The van der Waals surface area contributed by atoms with Gasteiger partial charge in [-0.2, -0.15) is 0 Å². The molecule has 0 saturated carbocycles. The predicted molar refractivity (Wildman–Crippen MR) is 96.7 cm³/mol. The molecule has 1 heterocycles. The van der Waals surface area contributed by atoms with Crippen molar-refractivity contribution in [3.8, 4) is 5.75 Å². The van der Waals surface area contributed by atoms with Gasteiger partial charge >= 0.3 is 5.97 Å². The lowest BCUT2D eigenvalue weighted by Crippen LogP contribution is -2.31. The van der Waals surface area contributed by atoms with Crippen molar-refractivity contribution in [3.05, 3.63) is 16.1 Å². The van der Waals surface area contributed by atoms with Crippen LogP contribution in [-0.4, -0.2) is 31.3 Å². The Morgan fingerprint density at radius 3 is 2.43 bits per heavy atom. The Kier molecular flexibility index (Phi) is 7.29. The number of carboxylic acids is 1. The molecule has 5 nitrogen and oxygen atoms in total. The maximum atomic E-state index is 11.8. The Morgan fingerprint density at radius 1 is 1.35 bits per heavy atom. The maximum absolute atomic E-state index is 11.8. The molecule has 3 N–H and O–H groups in total. The summed E-state index contributed by atoms with van der Waals surface area (Å²) >= 11 is 6.40. The number of methoxy groups -OCH3 is 1. The van der Waals surface area contributed by atoms with Gasteiger partial charge in [0.25, 0.3) is 0 Å². The maximum Gasteiger partial charge on any atom is 0.339 e. The molecule has 130 valence electrons. The van der Waals surface area contributed by atoms with Crippen molar-refractivity contribution >= 4 is 41.4 Å². The van der Waals surface area contributed by atoms with Crippen molar-refractivity contribution in [3.63, 3.8) is 0 Å². The van der Waals surface area contributed by atoms with Gasteiger partial charge in [-0.25, -0.2) is 4.79 Å². The molecule has 1 aromatic carbocycles. The predicted octanol–water partition coefficient (Wildman–Crippen LogP) is 3.99. The molecule has 1 fully saturated rings. The van der Waals surface area contributed by atoms with E-state index in [1.54, 1.807) is 0 Å². The Labute approximate surface area is 148 Å². The quantitative estimate of drug-likeness (QED) is 0.774. The lowest BCUT2D eigenvalue weighted by Gasteiger charge is -2.32. The average Bonchev–Trinajstić information content (AvgIpc) is 2.52. The SMILES string of the molecule is CCCc1c(Cl)c(N)c(N2CCCCC2)c(OC)c1C(=O)O.Cl. The number of nitrogens with two attached hydrogens (primary N) is 1. The number of piperidine rings is 1. The summed E-state index contributed by atoms with van der Waals surface area (Å²) in [6.07, 6.45) is 4.62. The van der Waals surface area contributed by atoms with Crippen molar-refractivity contribution in [2.45, 2.75) is 39.0 Å². The zero-order chi connectivity index (χ0) is 16.3. The number of benzene rings is 1. The van der Waals surface area contributed by atoms with Crippen LogP contribution >= 0.6 is 24.0 Å². The van der Waals surface area contributed by atoms with Gasteiger partial charge in [0.1, 0.15) is 11.3 Å². The van der Waals surface area contributed by atoms with E-state index >= 15 is 0 Å². The van der Waals surface area contributed by atoms with E-state index in [1.165, 1.54) is 13.5 Å². The molecule has 1 aliphatic rings. The van der Waals surface area contributed by atoms with Crippen LogP contribution in [0.4, 0.5) is 11.4 Å². The third-order valence-corrected chi connectivity index (χ3v) is 4.52. The van der Waals surface area contributed by atoms with Gasteiger partial charge in [0.05, 0.1) is 17.8 Å². The molecule has 23 heavy (non-hydrogen) atoms. The van der Waals surface area contributed by atoms with Gasteiger partial charge in [-0.05, 0) is 31.2 Å². The van der Waals surface area contributed by atoms with E-state index in [4.69, 9.17) is 22.1 Å². The normalized spacial score (nSPS) is 14.3. The summed E-state index contributed by atoms with van der Waals surface area (Å²) < 4.78 is 5.45. The first kappa shape index (κ1) is 19.7. The van der Waals surface area contributed by atoms with Crippen molar-refractivity contribution in [1.29, 1.82) is 0 Å². The van der Waals surface area contributed by atoms with Crippen LogP contribution in [0.15, 0.2) is 0 Å². The fourth-order valence-electron chi connectivity index (χ4n) is 3.10. The zero-order valence-electron chi connectivity index (χ0n) is 13.5. The Bertz CT molecular complexity index is 573. The highest BCUT2D eigenvalue weighted by Gasteiger charge is 2.29. The van der Waals surface area contributed by atoms with Crippen molar-refractivity contribution in [2.75, 3.05) is 30.8 Å². The number of hydrogen-bond donors (Lipinski definition) is 2. The van der Waals surface area contributed by atoms with Gasteiger partial charge in [0.15, 0.2) is 5.75 Å². The number of carboxylic acid groups (broad SMARTS) is 1. The molecule has 7 heteroatoms. The van der Waals surface area contributed by atoms with Gasteiger partial charge in [0.2, 0.25) is 0 Å². The number of hydrogen-bond acceptors (Lipinski definition) is 4. The molecular weight excluding hydrogens is 339 g/mol. The third-order valence-electron chi connectivity index (χ3n) is 4.09. The van der Waals surface area contributed by atoms with Crippen LogP contribution < -0.4 is 15.4 Å². The van der Waals surface area contributed by atoms with Crippen LogP contribution in [0, 0.1) is 0 Å². The number of aromatic carboxylic acids is 1. The Morgan fingerprint density at radius 2 is 1.96 bits per heavy atom. The third kappa shape index (κ3) is 3.78. The van der Waals surface area contributed by atoms with Gasteiger partial charge in [-0.15, -0.1) is 12.4 Å². The molecule has 0 unspecified atom stereocenters. The minimum Gasteiger partial charge on any atom is -0.494 e. The molecular formula is C16H24Cl2N2O3. The van der Waals surface area contributed by atoms with Crippen molar-refractivity contribution < 1.29 is 14.6 Å². The molecule has 1 aliphatic heterocycles. The summed E-state index contributed by atoms with van der Waals surface area (Å²) in [6.45, 7) is 3.65. The number of anilines is 2. The van der Waals surface area contributed by atoms with E-state index < -0.39 is 5.97 Å². The highest BCUT2D eigenvalue weighted by molar-refractivity contribution is 6.35. The molecule has 0 bridgehead atoms. The van der Waals surface area contributed by atoms with Crippen molar-refractivity contribution in [1.82, 2.24) is 0 Å². The van der Waals surface area contributed by atoms with E-state index in [0.717, 1.165) is 32.4 Å². The number of nitrogen functional groups attached to an aromatic ring is 1. The fourth-order valence-corrected chi connectivity index (χ4v) is 3.37. The molecule has 2 rings (SSSR count). The van der Waals surface area contributed by atoms with Crippen LogP contribution in [0.25, 0.3) is 0 Å². The number of ether oxygens (including phenoxy) is 1. The summed E-state index contributed by atoms with van der Waals surface area (Å²) in [6, 6.07) is 0. The standard InChI is InChI=1S/C16H23ClN2O3.ClH/c1-3-7-10-11(16(20)21)15(22-2)14(13(18)12(10)17)19-8-5-4-6-9-19;/h3-9,18H2,1-2H3,(H,20,21);1H. The van der Waals surface area contributed by atoms with Gasteiger partial charge < -0.3 is 20.5 Å². The highest BCUT2D eigenvalue weighted by atomic mass is 35.5. The summed E-state index contributed by atoms with van der Waals surface area (Å²) in [5, 5.41) is 9.99. The van der Waals surface area contributed by atoms with Gasteiger partial charge in [0, 0.05) is 13.1 Å². The fraction of sp³-hybridized carbons (Fsp3) is 0.562. The summed E-state index contributed by atoms with van der Waals surface area (Å²) in [5.74, 6) is -0.694. The first-order valence-electron chi connectivity index (χ1n) is 7.68. The van der Waals surface area contributed by atoms with Crippen LogP contribution in [0.5, 0.6) is 5.75 Å². The Hall–Kier alpha value is -1.33. The van der Waals surface area contributed by atoms with Gasteiger partial charge in [-0.3, -0.25) is 0 Å². The second-order valence-corrected chi connectivity index (χ2v) is 5.94. The Balaban J connectivity index is 0.00000264. The number of nitrogens with zero attached hydrogens (tertiary/aromatic N) is 1. The number of rotatable bonds is 5. The summed E-state index contributed by atoms with van der Waals surface area (Å²) in [4.78, 5) is 13.9. The van der Waals surface area contributed by atoms with Crippen molar-refractivity contribution in [2.24, 2.45) is 0 Å². The minimum atomic E-state index is -1.03. The second-order valence-electron chi connectivity index (χ2n) is 5.57. The van der Waals surface area contributed by atoms with Crippen LogP contribution in [0.1, 0.15) is 48.5 Å². The monoisotopic (exact) mass is 362 g/mol. The number of halogens is 2. The molecule has 0 spiro atoms. The molecule has 0 aliphatic carbocycles. The number of carbonyl (C=O) groups is 1. The van der Waals surface area contributed by atoms with E-state index in [2.05, 4.69) is 4.90 Å². The molecule has 0 aromatic heterocycles. The van der Waals surface area contributed by atoms with Gasteiger partial charge in [-0.1, -0.05) is 24.9 Å². The lowest BCUT2D eigenvalue weighted by atomic mass is 9.98. The topological polar surface area (TPSA) is 75.8 Å². The minimum absolute atomic E-state index is 0. The van der Waals surface area contributed by atoms with E-state index in [9.17, 15) is 9.90 Å². The molecule has 0 amide bonds. The summed E-state index contributed by atoms with van der Waals surface area (Å²) in [7, 11) is 1.48. The van der Waals surface area contributed by atoms with Crippen LogP contribution in [-0.2, 0) is 6.42 Å². The van der Waals surface area contributed by atoms with E-state index in [0.29, 0.717) is 34.1 Å². The second kappa shape index (κ2) is 8.50. The first-order valence-corrected chi connectivity index (χ1v) is 8.06. The van der Waals surface area contributed by atoms with E-state index in [1.807, 2.05) is 6.92 Å². The average molecular weight is 363 g/mol. The smallest absolute Gasteiger partial charge is 0.339 e. The summed E-state index contributed by atoms with van der Waals surface area (Å²) in [5.41, 5.74) is 8.00. The van der Waals surface area contributed by atoms with Crippen LogP contribution in [0.2, 0.25) is 5.02 Å². The lowest BCUT2D eigenvalue weighted by molar-refractivity contribution is 0.0692.